The summed E-state index contributed by atoms with van der Waals surface area (Å²) in [6.07, 6.45) is 3.29. The highest BCUT2D eigenvalue weighted by Crippen LogP contribution is 2.41. The standard InChI is InChI=1S/C26H20BrCl2NO3S.C20H19NO3S.C6H2BrCl2F/c1-31-20-9-7-18(8-10-20)16-34-24-13-25(33-26-21(28)11-19(27)12-22(26)29)30-14-23(24)32-15-17-5-3-2-4-6-17;1-23-17-9-7-16(8-10-17)14-25-19-11-20(22)21-12-18(19)24-13-15-5-3-2-4-6-15;7-3-1-4(8)6(10)5(9)2-3/h2-14H,15-16H2,1H3;2-12H,13-14H2,1H3,(H,21,22);1-2H. The summed E-state index contributed by atoms with van der Waals surface area (Å²) in [5.74, 6) is 4.62. The Hall–Kier alpha value is -4.83. The average molecular weight is 1170 g/mol. The van der Waals surface area contributed by atoms with Gasteiger partial charge in [-0.2, -0.15) is 0 Å². The molecule has 69 heavy (non-hydrogen) atoms. The van der Waals surface area contributed by atoms with E-state index in [4.69, 9.17) is 70.1 Å². The summed E-state index contributed by atoms with van der Waals surface area (Å²) in [5, 5.41) is 0.829. The van der Waals surface area contributed by atoms with Crippen LogP contribution in [0.5, 0.6) is 34.6 Å². The number of hydrogen-bond acceptors (Lipinski definition) is 9. The first kappa shape index (κ1) is 53.5. The van der Waals surface area contributed by atoms with Crippen molar-refractivity contribution in [1.29, 1.82) is 0 Å². The summed E-state index contributed by atoms with van der Waals surface area (Å²) in [4.78, 5) is 20.5. The molecule has 0 atom stereocenters. The first-order valence-corrected chi connectivity index (χ1v) is 25.6. The van der Waals surface area contributed by atoms with Crippen molar-refractivity contribution in [3.63, 3.8) is 0 Å². The molecule has 8 rings (SSSR count). The highest BCUT2D eigenvalue weighted by molar-refractivity contribution is 9.10. The van der Waals surface area contributed by atoms with Crippen LogP contribution in [0.2, 0.25) is 20.1 Å². The molecule has 356 valence electrons. The van der Waals surface area contributed by atoms with E-state index in [9.17, 15) is 9.18 Å². The average Bonchev–Trinajstić information content (AvgIpc) is 3.36. The Morgan fingerprint density at radius 3 is 1.51 bits per heavy atom. The minimum Gasteiger partial charge on any atom is -0.497 e. The third-order valence-electron chi connectivity index (χ3n) is 9.36. The molecule has 6 aromatic carbocycles. The number of nitrogens with zero attached hydrogens (tertiary/aromatic N) is 1. The Kier molecular flexibility index (Phi) is 21.4. The highest BCUT2D eigenvalue weighted by atomic mass is 79.9. The fraction of sp³-hybridized carbons (Fsp3) is 0.115. The maximum absolute atomic E-state index is 12.6. The molecule has 0 fully saturated rings. The van der Waals surface area contributed by atoms with Gasteiger partial charge in [0.2, 0.25) is 11.4 Å². The SMILES string of the molecule is COc1ccc(CSc2cc(=O)[nH]cc2OCc2ccccc2)cc1.COc1ccc(CSc2cc(Oc3c(Cl)cc(Br)cc3Cl)ncc2OCc2ccccc2)cc1.Fc1c(Cl)cc(Br)cc1Cl. The maximum Gasteiger partial charge on any atom is 0.249 e. The van der Waals surface area contributed by atoms with Gasteiger partial charge in [-0.15, -0.1) is 23.5 Å². The van der Waals surface area contributed by atoms with Gasteiger partial charge in [0, 0.05) is 38.8 Å². The number of ether oxygens (including phenoxy) is 5. The zero-order chi connectivity index (χ0) is 49.1. The second-order valence-corrected chi connectivity index (χ2v) is 19.8. The molecule has 2 aromatic heterocycles. The molecular weight excluding hydrogens is 1130 g/mol. The molecule has 0 aliphatic carbocycles. The van der Waals surface area contributed by atoms with Crippen molar-refractivity contribution in [3.05, 3.63) is 225 Å². The third-order valence-corrected chi connectivity index (χ3v) is 13.6. The van der Waals surface area contributed by atoms with E-state index in [0.717, 1.165) is 59.5 Å². The zero-order valence-electron chi connectivity index (χ0n) is 36.7. The molecule has 0 unspecified atom stereocenters. The summed E-state index contributed by atoms with van der Waals surface area (Å²) in [5.41, 5.74) is 4.32. The number of methoxy groups -OCH3 is 2. The summed E-state index contributed by atoms with van der Waals surface area (Å²) in [6.45, 7) is 0.895. The van der Waals surface area contributed by atoms with Crippen LogP contribution in [0.15, 0.2) is 182 Å². The normalized spacial score (nSPS) is 10.5. The number of pyridine rings is 2. The van der Waals surface area contributed by atoms with Crippen LogP contribution in [0.3, 0.4) is 0 Å². The molecule has 0 aliphatic rings. The molecular formula is C52H41Br2Cl4FN2O6S2. The highest BCUT2D eigenvalue weighted by Gasteiger charge is 2.15. The van der Waals surface area contributed by atoms with Crippen LogP contribution < -0.4 is 29.2 Å². The summed E-state index contributed by atoms with van der Waals surface area (Å²) in [7, 11) is 3.30. The molecule has 2 heterocycles. The summed E-state index contributed by atoms with van der Waals surface area (Å²) < 4.78 is 42.4. The van der Waals surface area contributed by atoms with Crippen molar-refractivity contribution in [2.45, 2.75) is 34.5 Å². The van der Waals surface area contributed by atoms with E-state index in [2.05, 4.69) is 41.8 Å². The molecule has 1 N–H and O–H groups in total. The number of nitrogens with one attached hydrogen (secondary N) is 1. The number of aromatic amines is 1. The number of H-pyrrole nitrogens is 1. The van der Waals surface area contributed by atoms with Crippen molar-refractivity contribution in [3.8, 4) is 34.6 Å². The second-order valence-electron chi connectivity index (χ2n) is 14.3. The molecule has 8 aromatic rings. The van der Waals surface area contributed by atoms with Crippen molar-refractivity contribution in [1.82, 2.24) is 9.97 Å². The first-order chi connectivity index (χ1) is 33.4. The Balaban J connectivity index is 0.000000195. The predicted molar refractivity (Wildman–Crippen MR) is 286 cm³/mol. The van der Waals surface area contributed by atoms with Gasteiger partial charge >= 0.3 is 0 Å². The number of aromatic nitrogens is 2. The number of thioether (sulfide) groups is 2. The Bertz CT molecular complexity index is 2920. The second kappa shape index (κ2) is 27.5. The summed E-state index contributed by atoms with van der Waals surface area (Å²) >= 11 is 33.2. The molecule has 17 heteroatoms. The van der Waals surface area contributed by atoms with Gasteiger partial charge in [-0.3, -0.25) is 4.79 Å². The molecule has 0 spiro atoms. The molecule has 0 radical (unpaired) electrons. The minimum atomic E-state index is -0.577. The van der Waals surface area contributed by atoms with E-state index in [0.29, 0.717) is 50.9 Å². The third kappa shape index (κ3) is 17.2. The van der Waals surface area contributed by atoms with Crippen LogP contribution in [0, 0.1) is 5.82 Å². The minimum absolute atomic E-state index is 0.0272. The van der Waals surface area contributed by atoms with Crippen LogP contribution in [-0.4, -0.2) is 24.2 Å². The van der Waals surface area contributed by atoms with Gasteiger partial charge in [0.25, 0.3) is 0 Å². The topological polar surface area (TPSA) is 91.9 Å². The van der Waals surface area contributed by atoms with Crippen molar-refractivity contribution in [2.75, 3.05) is 14.2 Å². The van der Waals surface area contributed by atoms with Gasteiger partial charge in [-0.05, 0) is 70.8 Å². The smallest absolute Gasteiger partial charge is 0.249 e. The molecule has 8 nitrogen and oxygen atoms in total. The van der Waals surface area contributed by atoms with Gasteiger partial charge in [-0.1, -0.05) is 163 Å². The number of halogens is 7. The molecule has 0 aliphatic heterocycles. The van der Waals surface area contributed by atoms with Gasteiger partial charge in [0.15, 0.2) is 17.3 Å². The van der Waals surface area contributed by atoms with E-state index in [1.807, 2.05) is 115 Å². The van der Waals surface area contributed by atoms with Crippen molar-refractivity contribution >= 4 is 102 Å². The lowest BCUT2D eigenvalue weighted by Gasteiger charge is -2.14. The van der Waals surface area contributed by atoms with E-state index in [1.165, 1.54) is 12.1 Å². The first-order valence-electron chi connectivity index (χ1n) is 20.6. The van der Waals surface area contributed by atoms with Gasteiger partial charge in [0.1, 0.15) is 30.5 Å². The van der Waals surface area contributed by atoms with Gasteiger partial charge in [-0.25, -0.2) is 9.37 Å². The quantitative estimate of drug-likeness (QED) is 0.0577. The molecule has 0 saturated heterocycles. The Morgan fingerprint density at radius 2 is 1.03 bits per heavy atom. The maximum atomic E-state index is 12.6. The van der Waals surface area contributed by atoms with E-state index in [-0.39, 0.29) is 15.6 Å². The monoisotopic (exact) mass is 1170 g/mol. The van der Waals surface area contributed by atoms with Crippen LogP contribution in [0.4, 0.5) is 4.39 Å². The molecule has 0 bridgehead atoms. The number of rotatable bonds is 16. The predicted octanol–water partition coefficient (Wildman–Crippen LogP) is 17.0. The lowest BCUT2D eigenvalue weighted by molar-refractivity contribution is 0.296. The zero-order valence-corrected chi connectivity index (χ0v) is 44.5. The van der Waals surface area contributed by atoms with Gasteiger partial charge < -0.3 is 28.7 Å². The van der Waals surface area contributed by atoms with Crippen LogP contribution in [-0.2, 0) is 24.7 Å². The van der Waals surface area contributed by atoms with E-state index < -0.39 is 5.82 Å². The van der Waals surface area contributed by atoms with Gasteiger partial charge in [0.05, 0.1) is 50.3 Å². The largest absolute Gasteiger partial charge is 0.497 e. The van der Waals surface area contributed by atoms with E-state index >= 15 is 0 Å². The number of benzene rings is 6. The fourth-order valence-corrected chi connectivity index (χ4v) is 10.3. The van der Waals surface area contributed by atoms with Crippen molar-refractivity contribution < 1.29 is 28.1 Å². The molecule has 0 saturated carbocycles. The summed E-state index contributed by atoms with van der Waals surface area (Å²) in [6, 6.07) is 45.6. The lowest BCUT2D eigenvalue weighted by atomic mass is 10.2. The Labute approximate surface area is 445 Å². The van der Waals surface area contributed by atoms with Crippen molar-refractivity contribution in [2.24, 2.45) is 0 Å². The van der Waals surface area contributed by atoms with Crippen LogP contribution >= 0.6 is 102 Å². The van der Waals surface area contributed by atoms with Crippen LogP contribution in [0.25, 0.3) is 0 Å². The van der Waals surface area contributed by atoms with E-state index in [1.54, 1.807) is 68.3 Å². The Morgan fingerprint density at radius 1 is 0.580 bits per heavy atom. The fourth-order valence-electron chi connectivity index (χ4n) is 5.84. The number of hydrogen-bond donors (Lipinski definition) is 1. The molecule has 0 amide bonds. The lowest BCUT2D eigenvalue weighted by Crippen LogP contribution is -2.06. The van der Waals surface area contributed by atoms with Crippen LogP contribution in [0.1, 0.15) is 22.3 Å².